The van der Waals surface area contributed by atoms with Gasteiger partial charge in [-0.3, -0.25) is 14.0 Å². The monoisotopic (exact) mass is 355 g/mol. The topological polar surface area (TPSA) is 63.5 Å². The highest BCUT2D eigenvalue weighted by atomic mass is 32.1. The van der Waals surface area contributed by atoms with Gasteiger partial charge in [0, 0.05) is 23.7 Å². The van der Waals surface area contributed by atoms with Crippen molar-refractivity contribution < 1.29 is 9.59 Å². The summed E-state index contributed by atoms with van der Waals surface area (Å²) >= 11 is 1.55. The van der Waals surface area contributed by atoms with Gasteiger partial charge in [0.2, 0.25) is 0 Å². The average Bonchev–Trinajstić information content (AvgIpc) is 3.24. The first-order valence-electron chi connectivity index (χ1n) is 8.39. The highest BCUT2D eigenvalue weighted by molar-refractivity contribution is 7.08. The van der Waals surface area contributed by atoms with Crippen molar-refractivity contribution >= 4 is 29.2 Å². The Morgan fingerprint density at radius 2 is 2.24 bits per heavy atom. The lowest BCUT2D eigenvalue weighted by atomic mass is 10.1. The Labute approximate surface area is 150 Å². The van der Waals surface area contributed by atoms with Crippen LogP contribution < -0.4 is 5.32 Å². The zero-order chi connectivity index (χ0) is 17.8. The second-order valence-electron chi connectivity index (χ2n) is 6.39. The Kier molecular flexibility index (Phi) is 5.28. The number of imidazole rings is 1. The summed E-state index contributed by atoms with van der Waals surface area (Å²) in [6.45, 7) is 4.96. The third-order valence-corrected chi connectivity index (χ3v) is 4.74. The van der Waals surface area contributed by atoms with Crippen molar-refractivity contribution in [3.63, 3.8) is 0 Å². The summed E-state index contributed by atoms with van der Waals surface area (Å²) in [5.74, 6) is 0.449. The summed E-state index contributed by atoms with van der Waals surface area (Å²) < 4.78 is 1.70. The molecule has 6 heteroatoms. The maximum absolute atomic E-state index is 12.8. The highest BCUT2D eigenvalue weighted by Crippen LogP contribution is 2.27. The van der Waals surface area contributed by atoms with Gasteiger partial charge in [-0.15, -0.1) is 0 Å². The molecule has 0 bridgehead atoms. The fourth-order valence-corrected chi connectivity index (χ4v) is 3.43. The van der Waals surface area contributed by atoms with Gasteiger partial charge >= 0.3 is 0 Å². The average molecular weight is 355 g/mol. The number of thiophene rings is 1. The number of amides is 1. The van der Waals surface area contributed by atoms with Crippen LogP contribution in [-0.2, 0) is 0 Å². The number of aromatic nitrogens is 2. The molecule has 0 aliphatic heterocycles. The molecule has 1 amide bonds. The second kappa shape index (κ2) is 7.61. The van der Waals surface area contributed by atoms with Gasteiger partial charge in [-0.25, -0.2) is 4.98 Å². The van der Waals surface area contributed by atoms with Gasteiger partial charge in [0.05, 0.1) is 5.56 Å². The number of rotatable bonds is 7. The lowest BCUT2D eigenvalue weighted by Gasteiger charge is -2.08. The molecular formula is C19H21N3O2S. The molecule has 130 valence electrons. The minimum absolute atomic E-state index is 0.166. The van der Waals surface area contributed by atoms with Gasteiger partial charge in [0.15, 0.2) is 6.29 Å². The number of aldehydes is 1. The molecular weight excluding hydrogens is 334 g/mol. The number of fused-ring (bicyclic) bond motifs is 1. The lowest BCUT2D eigenvalue weighted by Crippen LogP contribution is -2.26. The van der Waals surface area contributed by atoms with Gasteiger partial charge in [-0.1, -0.05) is 13.8 Å². The largest absolute Gasteiger partial charge is 0.351 e. The zero-order valence-electron chi connectivity index (χ0n) is 14.4. The Bertz CT molecular complexity index is 882. The third-order valence-electron chi connectivity index (χ3n) is 4.06. The molecule has 3 rings (SSSR count). The first-order valence-corrected chi connectivity index (χ1v) is 9.33. The predicted molar refractivity (Wildman–Crippen MR) is 100 cm³/mol. The molecule has 0 fully saturated rings. The Hall–Kier alpha value is -2.47. The minimum atomic E-state index is -0.166. The van der Waals surface area contributed by atoms with E-state index in [1.807, 2.05) is 16.8 Å². The van der Waals surface area contributed by atoms with E-state index in [0.29, 0.717) is 35.1 Å². The Morgan fingerprint density at radius 3 is 2.92 bits per heavy atom. The quantitative estimate of drug-likeness (QED) is 0.514. The predicted octanol–water partition coefficient (Wildman–Crippen LogP) is 4.04. The molecule has 0 spiro atoms. The minimum Gasteiger partial charge on any atom is -0.351 e. The molecule has 3 heterocycles. The Morgan fingerprint density at radius 1 is 1.40 bits per heavy atom. The van der Waals surface area contributed by atoms with Crippen LogP contribution in [-0.4, -0.2) is 28.1 Å². The number of nitrogens with one attached hydrogen (secondary N) is 1. The van der Waals surface area contributed by atoms with Crippen LogP contribution >= 0.6 is 11.3 Å². The van der Waals surface area contributed by atoms with E-state index < -0.39 is 0 Å². The molecule has 3 aromatic rings. The standard InChI is InChI=1S/C19H21N3O2S/c1-13(2)5-3-8-20-19(24)17-16(15-7-10-25-12-15)21-18-14(11-23)6-4-9-22(17)18/h4,6-7,9-13H,3,5,8H2,1-2H3,(H,20,24). The van der Waals surface area contributed by atoms with Crippen molar-refractivity contribution in [1.82, 2.24) is 14.7 Å². The summed E-state index contributed by atoms with van der Waals surface area (Å²) in [6.07, 6.45) is 4.55. The molecule has 0 atom stereocenters. The molecule has 25 heavy (non-hydrogen) atoms. The van der Waals surface area contributed by atoms with E-state index in [-0.39, 0.29) is 5.91 Å². The van der Waals surface area contributed by atoms with Crippen molar-refractivity contribution in [2.75, 3.05) is 6.54 Å². The maximum Gasteiger partial charge on any atom is 0.270 e. The van der Waals surface area contributed by atoms with Gasteiger partial charge in [0.1, 0.15) is 17.0 Å². The van der Waals surface area contributed by atoms with Crippen LogP contribution in [0.15, 0.2) is 35.2 Å². The number of carbonyl (C=O) groups is 2. The van der Waals surface area contributed by atoms with Crippen LogP contribution in [0.1, 0.15) is 47.5 Å². The van der Waals surface area contributed by atoms with E-state index in [0.717, 1.165) is 24.7 Å². The first-order chi connectivity index (χ1) is 12.1. The lowest BCUT2D eigenvalue weighted by molar-refractivity contribution is 0.0947. The van der Waals surface area contributed by atoms with Crippen molar-refractivity contribution in [3.8, 4) is 11.3 Å². The molecule has 0 unspecified atom stereocenters. The number of carbonyl (C=O) groups excluding carboxylic acids is 2. The van der Waals surface area contributed by atoms with Crippen molar-refractivity contribution in [2.24, 2.45) is 5.92 Å². The summed E-state index contributed by atoms with van der Waals surface area (Å²) in [4.78, 5) is 28.7. The smallest absolute Gasteiger partial charge is 0.270 e. The zero-order valence-corrected chi connectivity index (χ0v) is 15.2. The summed E-state index contributed by atoms with van der Waals surface area (Å²) in [5.41, 5.74) is 2.94. The molecule has 0 aromatic carbocycles. The van der Waals surface area contributed by atoms with Crippen LogP contribution in [0.25, 0.3) is 16.9 Å². The van der Waals surface area contributed by atoms with Crippen LogP contribution in [0.5, 0.6) is 0 Å². The molecule has 0 radical (unpaired) electrons. The van der Waals surface area contributed by atoms with Crippen LogP contribution in [0.3, 0.4) is 0 Å². The van der Waals surface area contributed by atoms with Crippen LogP contribution in [0.4, 0.5) is 0 Å². The summed E-state index contributed by atoms with van der Waals surface area (Å²) in [7, 11) is 0. The first kappa shape index (κ1) is 17.4. The van der Waals surface area contributed by atoms with Crippen LogP contribution in [0, 0.1) is 5.92 Å². The highest BCUT2D eigenvalue weighted by Gasteiger charge is 2.21. The van der Waals surface area contributed by atoms with Crippen molar-refractivity contribution in [3.05, 3.63) is 46.4 Å². The van der Waals surface area contributed by atoms with E-state index in [1.165, 1.54) is 0 Å². The second-order valence-corrected chi connectivity index (χ2v) is 7.17. The molecule has 5 nitrogen and oxygen atoms in total. The van der Waals surface area contributed by atoms with Crippen LogP contribution in [0.2, 0.25) is 0 Å². The molecule has 3 aromatic heterocycles. The third kappa shape index (κ3) is 3.64. The molecule has 1 N–H and O–H groups in total. The Balaban J connectivity index is 1.98. The fraction of sp³-hybridized carbons (Fsp3) is 0.316. The van der Waals surface area contributed by atoms with Crippen molar-refractivity contribution in [1.29, 1.82) is 0 Å². The number of nitrogens with zero attached hydrogens (tertiary/aromatic N) is 2. The van der Waals surface area contributed by atoms with Gasteiger partial charge in [-0.05, 0) is 42.3 Å². The normalized spacial score (nSPS) is 11.2. The molecule has 0 aliphatic rings. The summed E-state index contributed by atoms with van der Waals surface area (Å²) in [6, 6.07) is 5.39. The number of hydrogen-bond donors (Lipinski definition) is 1. The van der Waals surface area contributed by atoms with E-state index in [1.54, 1.807) is 34.1 Å². The SMILES string of the molecule is CC(C)CCCNC(=O)c1c(-c2ccsc2)nc2c(C=O)cccn12. The molecule has 0 aliphatic carbocycles. The maximum atomic E-state index is 12.8. The summed E-state index contributed by atoms with van der Waals surface area (Å²) in [5, 5.41) is 6.89. The van der Waals surface area contributed by atoms with E-state index >= 15 is 0 Å². The van der Waals surface area contributed by atoms with E-state index in [4.69, 9.17) is 0 Å². The number of hydrogen-bond acceptors (Lipinski definition) is 4. The van der Waals surface area contributed by atoms with Gasteiger partial charge in [-0.2, -0.15) is 11.3 Å². The fourth-order valence-electron chi connectivity index (χ4n) is 2.79. The van der Waals surface area contributed by atoms with Gasteiger partial charge in [0.25, 0.3) is 5.91 Å². The van der Waals surface area contributed by atoms with Gasteiger partial charge < -0.3 is 5.32 Å². The number of pyridine rings is 1. The molecule has 0 saturated carbocycles. The van der Waals surface area contributed by atoms with E-state index in [9.17, 15) is 9.59 Å². The van der Waals surface area contributed by atoms with E-state index in [2.05, 4.69) is 24.1 Å². The van der Waals surface area contributed by atoms with Crippen molar-refractivity contribution in [2.45, 2.75) is 26.7 Å². The molecule has 0 saturated heterocycles.